The summed E-state index contributed by atoms with van der Waals surface area (Å²) in [6.07, 6.45) is 1.97. The van der Waals surface area contributed by atoms with Gasteiger partial charge in [0.1, 0.15) is 11.8 Å². The lowest BCUT2D eigenvalue weighted by atomic mass is 10.0. The molecular weight excluding hydrogens is 360 g/mol. The summed E-state index contributed by atoms with van der Waals surface area (Å²) in [4.78, 5) is 12.3. The average molecular weight is 384 g/mol. The highest BCUT2D eigenvalue weighted by atomic mass is 16.5. The number of ether oxygens (including phenoxy) is 2. The molecule has 1 fully saturated rings. The maximum atomic E-state index is 12.3. The molecule has 28 heavy (non-hydrogen) atoms. The molecular formula is C20H24N4O4. The molecule has 2 aromatic rings. The minimum Gasteiger partial charge on any atom is -0.504 e. The standard InChI is InChI=1S/C20H24N4O4/c1-3-28-18-6-4-5-14(19(18)25)12-21-24-20(26)17-11-16(22-23-17)13-7-9-15(27-2)10-8-13/h4-10,12,16-17,22-23,25H,3,11H2,1-2H3,(H,24,26)/b21-12+. The maximum absolute atomic E-state index is 12.3. The summed E-state index contributed by atoms with van der Waals surface area (Å²) in [7, 11) is 1.62. The van der Waals surface area contributed by atoms with Gasteiger partial charge in [0, 0.05) is 11.6 Å². The van der Waals surface area contributed by atoms with Crippen LogP contribution in [0.25, 0.3) is 0 Å². The van der Waals surface area contributed by atoms with E-state index in [9.17, 15) is 9.90 Å². The summed E-state index contributed by atoms with van der Waals surface area (Å²) in [6.45, 7) is 2.28. The molecule has 8 heteroatoms. The fourth-order valence-corrected chi connectivity index (χ4v) is 2.94. The number of hydrazine groups is 1. The van der Waals surface area contributed by atoms with Gasteiger partial charge in [0.05, 0.1) is 19.9 Å². The number of para-hydroxylation sites is 1. The number of amides is 1. The first kappa shape index (κ1) is 19.7. The molecule has 2 aromatic carbocycles. The van der Waals surface area contributed by atoms with Crippen LogP contribution in [0.4, 0.5) is 0 Å². The number of rotatable bonds is 7. The molecule has 1 heterocycles. The second kappa shape index (κ2) is 9.20. The zero-order valence-corrected chi connectivity index (χ0v) is 15.8. The van der Waals surface area contributed by atoms with Crippen molar-refractivity contribution >= 4 is 12.1 Å². The number of hydrogen-bond donors (Lipinski definition) is 4. The number of methoxy groups -OCH3 is 1. The van der Waals surface area contributed by atoms with Gasteiger partial charge in [-0.05, 0) is 43.2 Å². The van der Waals surface area contributed by atoms with Gasteiger partial charge in [0.15, 0.2) is 11.5 Å². The van der Waals surface area contributed by atoms with E-state index in [1.54, 1.807) is 25.3 Å². The Morgan fingerprint density at radius 2 is 2.07 bits per heavy atom. The number of carbonyl (C=O) groups excluding carboxylic acids is 1. The van der Waals surface area contributed by atoms with E-state index in [2.05, 4.69) is 21.4 Å². The zero-order chi connectivity index (χ0) is 19.9. The molecule has 0 aliphatic carbocycles. The van der Waals surface area contributed by atoms with E-state index in [4.69, 9.17) is 9.47 Å². The molecule has 1 saturated heterocycles. The van der Waals surface area contributed by atoms with Crippen molar-refractivity contribution in [2.45, 2.75) is 25.4 Å². The highest BCUT2D eigenvalue weighted by molar-refractivity contribution is 5.87. The van der Waals surface area contributed by atoms with Crippen molar-refractivity contribution in [3.05, 3.63) is 53.6 Å². The first-order valence-electron chi connectivity index (χ1n) is 9.05. The normalized spacial score (nSPS) is 18.9. The highest BCUT2D eigenvalue weighted by Gasteiger charge is 2.30. The third kappa shape index (κ3) is 4.59. The first-order valence-corrected chi connectivity index (χ1v) is 9.05. The Hall–Kier alpha value is -3.10. The molecule has 148 valence electrons. The monoisotopic (exact) mass is 384 g/mol. The van der Waals surface area contributed by atoms with Gasteiger partial charge in [0.2, 0.25) is 0 Å². The number of phenolic OH excluding ortho intramolecular Hbond substituents is 1. The van der Waals surface area contributed by atoms with Gasteiger partial charge >= 0.3 is 0 Å². The van der Waals surface area contributed by atoms with Crippen LogP contribution in [-0.4, -0.2) is 37.0 Å². The van der Waals surface area contributed by atoms with Crippen molar-refractivity contribution in [2.24, 2.45) is 5.10 Å². The van der Waals surface area contributed by atoms with Crippen LogP contribution in [0.2, 0.25) is 0 Å². The average Bonchev–Trinajstić information content (AvgIpc) is 3.21. The Labute approximate surface area is 163 Å². The van der Waals surface area contributed by atoms with E-state index in [0.29, 0.717) is 24.3 Å². The van der Waals surface area contributed by atoms with Crippen LogP contribution in [0, 0.1) is 0 Å². The predicted molar refractivity (Wildman–Crippen MR) is 105 cm³/mol. The Balaban J connectivity index is 1.55. The van der Waals surface area contributed by atoms with Crippen LogP contribution >= 0.6 is 0 Å². The van der Waals surface area contributed by atoms with E-state index in [1.807, 2.05) is 31.2 Å². The smallest absolute Gasteiger partial charge is 0.258 e. The van der Waals surface area contributed by atoms with E-state index in [-0.39, 0.29) is 17.7 Å². The highest BCUT2D eigenvalue weighted by Crippen LogP contribution is 2.28. The third-order valence-corrected chi connectivity index (χ3v) is 4.45. The zero-order valence-electron chi connectivity index (χ0n) is 15.8. The minimum absolute atomic E-state index is 0.0115. The van der Waals surface area contributed by atoms with Gasteiger partial charge in [-0.2, -0.15) is 5.10 Å². The second-order valence-electron chi connectivity index (χ2n) is 6.26. The molecule has 2 unspecified atom stereocenters. The van der Waals surface area contributed by atoms with Gasteiger partial charge in [-0.1, -0.05) is 18.2 Å². The summed E-state index contributed by atoms with van der Waals surface area (Å²) in [5, 5.41) is 14.1. The molecule has 2 atom stereocenters. The molecule has 1 aliphatic rings. The number of nitrogens with one attached hydrogen (secondary N) is 3. The van der Waals surface area contributed by atoms with Gasteiger partial charge < -0.3 is 14.6 Å². The molecule has 1 aliphatic heterocycles. The van der Waals surface area contributed by atoms with Crippen LogP contribution in [0.5, 0.6) is 17.2 Å². The summed E-state index contributed by atoms with van der Waals surface area (Å²) in [5.74, 6) is 0.888. The quantitative estimate of drug-likeness (QED) is 0.429. The van der Waals surface area contributed by atoms with E-state index in [0.717, 1.165) is 11.3 Å². The largest absolute Gasteiger partial charge is 0.504 e. The number of aromatic hydroxyl groups is 1. The van der Waals surface area contributed by atoms with E-state index < -0.39 is 6.04 Å². The van der Waals surface area contributed by atoms with Crippen LogP contribution < -0.4 is 25.8 Å². The van der Waals surface area contributed by atoms with Gasteiger partial charge in [-0.15, -0.1) is 0 Å². The summed E-state index contributed by atoms with van der Waals surface area (Å²) < 4.78 is 10.5. The predicted octanol–water partition coefficient (Wildman–Crippen LogP) is 1.86. The molecule has 1 amide bonds. The summed E-state index contributed by atoms with van der Waals surface area (Å²) in [6, 6.07) is 12.4. The molecule has 0 spiro atoms. The Morgan fingerprint density at radius 1 is 1.29 bits per heavy atom. The number of hydrogen-bond acceptors (Lipinski definition) is 7. The van der Waals surface area contributed by atoms with Crippen molar-refractivity contribution in [2.75, 3.05) is 13.7 Å². The topological polar surface area (TPSA) is 104 Å². The van der Waals surface area contributed by atoms with Crippen LogP contribution in [-0.2, 0) is 4.79 Å². The van der Waals surface area contributed by atoms with Gasteiger partial charge in [0.25, 0.3) is 5.91 Å². The van der Waals surface area contributed by atoms with Crippen LogP contribution in [0.3, 0.4) is 0 Å². The molecule has 0 radical (unpaired) electrons. The molecule has 3 rings (SSSR count). The lowest BCUT2D eigenvalue weighted by Crippen LogP contribution is -2.41. The Morgan fingerprint density at radius 3 is 2.79 bits per heavy atom. The van der Waals surface area contributed by atoms with E-state index in [1.165, 1.54) is 6.21 Å². The van der Waals surface area contributed by atoms with Crippen molar-refractivity contribution in [1.82, 2.24) is 16.3 Å². The van der Waals surface area contributed by atoms with Crippen LogP contribution in [0.15, 0.2) is 47.6 Å². The maximum Gasteiger partial charge on any atom is 0.258 e. The minimum atomic E-state index is -0.424. The fraction of sp³-hybridized carbons (Fsp3) is 0.300. The summed E-state index contributed by atoms with van der Waals surface area (Å²) >= 11 is 0. The number of hydrazone groups is 1. The fourth-order valence-electron chi connectivity index (χ4n) is 2.94. The number of benzene rings is 2. The lowest BCUT2D eigenvalue weighted by molar-refractivity contribution is -0.122. The van der Waals surface area contributed by atoms with Crippen molar-refractivity contribution in [1.29, 1.82) is 0 Å². The van der Waals surface area contributed by atoms with E-state index >= 15 is 0 Å². The molecule has 0 aromatic heterocycles. The van der Waals surface area contributed by atoms with Gasteiger partial charge in [-0.25, -0.2) is 16.3 Å². The molecule has 0 bridgehead atoms. The number of nitrogens with zero attached hydrogens (tertiary/aromatic N) is 1. The van der Waals surface area contributed by atoms with Crippen molar-refractivity contribution in [3.8, 4) is 17.2 Å². The van der Waals surface area contributed by atoms with Crippen molar-refractivity contribution in [3.63, 3.8) is 0 Å². The molecule has 8 nitrogen and oxygen atoms in total. The number of carbonyl (C=O) groups is 1. The summed E-state index contributed by atoms with van der Waals surface area (Å²) in [5.41, 5.74) is 10.1. The van der Waals surface area contributed by atoms with Gasteiger partial charge in [-0.3, -0.25) is 4.79 Å². The first-order chi connectivity index (χ1) is 13.6. The third-order valence-electron chi connectivity index (χ3n) is 4.45. The Bertz CT molecular complexity index is 839. The number of phenols is 1. The van der Waals surface area contributed by atoms with Crippen molar-refractivity contribution < 1.29 is 19.4 Å². The second-order valence-corrected chi connectivity index (χ2v) is 6.26. The van der Waals surface area contributed by atoms with Crippen LogP contribution in [0.1, 0.15) is 30.5 Å². The Kier molecular flexibility index (Phi) is 6.46. The SMILES string of the molecule is CCOc1cccc(/C=N/NC(=O)C2CC(c3ccc(OC)cc3)NN2)c1O. The molecule has 4 N–H and O–H groups in total. The molecule has 0 saturated carbocycles. The lowest BCUT2D eigenvalue weighted by Gasteiger charge is -2.10.